The minimum Gasteiger partial charge on any atom is -0.379 e. The number of rotatable bonds is 5. The molecule has 3 atom stereocenters. The lowest BCUT2D eigenvalue weighted by molar-refractivity contribution is 0.0498. The predicted octanol–water partition coefficient (Wildman–Crippen LogP) is 2.67. The summed E-state index contributed by atoms with van der Waals surface area (Å²) in [5.41, 5.74) is 1.15. The van der Waals surface area contributed by atoms with Crippen LogP contribution in [0.25, 0.3) is 0 Å². The molecule has 0 spiro atoms. The van der Waals surface area contributed by atoms with Crippen LogP contribution < -0.4 is 10.2 Å². The molecule has 2 rings (SSSR count). The fraction of sp³-hybridized carbons (Fsp3) is 0.786. The van der Waals surface area contributed by atoms with E-state index >= 15 is 0 Å². The van der Waals surface area contributed by atoms with Gasteiger partial charge in [0.25, 0.3) is 0 Å². The highest BCUT2D eigenvalue weighted by Crippen LogP contribution is 2.29. The molecule has 3 unspecified atom stereocenters. The number of methoxy groups -OCH3 is 1. The van der Waals surface area contributed by atoms with Crippen LogP contribution in [0.4, 0.5) is 5.13 Å². The van der Waals surface area contributed by atoms with Crippen LogP contribution in [0.2, 0.25) is 0 Å². The van der Waals surface area contributed by atoms with Gasteiger partial charge in [0, 0.05) is 31.6 Å². The topological polar surface area (TPSA) is 37.4 Å². The van der Waals surface area contributed by atoms with Gasteiger partial charge in [0.1, 0.15) is 0 Å². The molecule has 108 valence electrons. The Balaban J connectivity index is 2.02. The van der Waals surface area contributed by atoms with Crippen LogP contribution in [0.1, 0.15) is 38.9 Å². The lowest BCUT2D eigenvalue weighted by atomic mass is 9.96. The van der Waals surface area contributed by atoms with Crippen molar-refractivity contribution in [3.05, 3.63) is 11.1 Å². The highest BCUT2D eigenvalue weighted by molar-refractivity contribution is 7.13. The number of thiazole rings is 1. The third kappa shape index (κ3) is 3.46. The Morgan fingerprint density at radius 1 is 1.63 bits per heavy atom. The highest BCUT2D eigenvalue weighted by Gasteiger charge is 2.27. The van der Waals surface area contributed by atoms with E-state index in [-0.39, 0.29) is 0 Å². The van der Waals surface area contributed by atoms with E-state index in [0.29, 0.717) is 18.1 Å². The fourth-order valence-corrected chi connectivity index (χ4v) is 3.50. The highest BCUT2D eigenvalue weighted by atomic mass is 32.1. The average molecular weight is 283 g/mol. The summed E-state index contributed by atoms with van der Waals surface area (Å²) in [5, 5.41) is 6.71. The zero-order chi connectivity index (χ0) is 13.8. The molecule has 0 amide bonds. The van der Waals surface area contributed by atoms with E-state index in [9.17, 15) is 0 Å². The van der Waals surface area contributed by atoms with Crippen molar-refractivity contribution in [2.45, 2.75) is 39.3 Å². The summed E-state index contributed by atoms with van der Waals surface area (Å²) >= 11 is 1.74. The molecule has 0 saturated carbocycles. The fourth-order valence-electron chi connectivity index (χ4n) is 2.55. The summed E-state index contributed by atoms with van der Waals surface area (Å²) in [5.74, 6) is 0.640. The number of nitrogens with zero attached hydrogens (tertiary/aromatic N) is 2. The van der Waals surface area contributed by atoms with Gasteiger partial charge in [-0.05, 0) is 25.8 Å². The van der Waals surface area contributed by atoms with Gasteiger partial charge >= 0.3 is 0 Å². The maximum absolute atomic E-state index is 5.57. The van der Waals surface area contributed by atoms with Crippen molar-refractivity contribution in [3.63, 3.8) is 0 Å². The van der Waals surface area contributed by atoms with Crippen molar-refractivity contribution in [2.24, 2.45) is 5.92 Å². The van der Waals surface area contributed by atoms with Crippen molar-refractivity contribution < 1.29 is 4.74 Å². The molecule has 1 aliphatic heterocycles. The van der Waals surface area contributed by atoms with Crippen molar-refractivity contribution in [2.75, 3.05) is 31.6 Å². The lowest BCUT2D eigenvalue weighted by Gasteiger charge is -2.36. The second-order valence-corrected chi connectivity index (χ2v) is 6.16. The Morgan fingerprint density at radius 2 is 2.42 bits per heavy atom. The Bertz CT molecular complexity index is 396. The maximum atomic E-state index is 5.57. The van der Waals surface area contributed by atoms with Gasteiger partial charge in [0.15, 0.2) is 5.13 Å². The number of hydrogen-bond acceptors (Lipinski definition) is 5. The van der Waals surface area contributed by atoms with Gasteiger partial charge in [-0.2, -0.15) is 0 Å². The molecule has 1 N–H and O–H groups in total. The van der Waals surface area contributed by atoms with Gasteiger partial charge in [-0.3, -0.25) is 0 Å². The van der Waals surface area contributed by atoms with Gasteiger partial charge < -0.3 is 15.0 Å². The second kappa shape index (κ2) is 6.68. The molecule has 19 heavy (non-hydrogen) atoms. The zero-order valence-electron chi connectivity index (χ0n) is 12.3. The molecule has 1 aromatic rings. The summed E-state index contributed by atoms with van der Waals surface area (Å²) in [4.78, 5) is 7.13. The normalized spacial score (nSPS) is 25.6. The summed E-state index contributed by atoms with van der Waals surface area (Å²) < 4.78 is 5.57. The molecular formula is C14H25N3OS. The number of piperidine rings is 1. The quantitative estimate of drug-likeness (QED) is 0.901. The molecular weight excluding hydrogens is 258 g/mol. The Labute approximate surface area is 120 Å². The average Bonchev–Trinajstić information content (AvgIpc) is 2.89. The van der Waals surface area contributed by atoms with Crippen LogP contribution in [0.15, 0.2) is 5.38 Å². The number of aromatic nitrogens is 1. The van der Waals surface area contributed by atoms with E-state index in [4.69, 9.17) is 9.72 Å². The Morgan fingerprint density at radius 3 is 3.11 bits per heavy atom. The van der Waals surface area contributed by atoms with E-state index in [1.54, 1.807) is 11.3 Å². The number of hydrogen-bond donors (Lipinski definition) is 1. The molecule has 2 heterocycles. The molecule has 0 aliphatic carbocycles. The number of nitrogens with one attached hydrogen (secondary N) is 1. The van der Waals surface area contributed by atoms with Gasteiger partial charge in [-0.1, -0.05) is 13.8 Å². The SMILES string of the molecule is CCNC(C)c1csc(N2CCC(C)C(OC)C2)n1. The molecule has 1 fully saturated rings. The number of anilines is 1. The monoisotopic (exact) mass is 283 g/mol. The van der Waals surface area contributed by atoms with Crippen molar-refractivity contribution in [1.29, 1.82) is 0 Å². The third-order valence-electron chi connectivity index (χ3n) is 3.93. The van der Waals surface area contributed by atoms with E-state index in [2.05, 4.69) is 36.4 Å². The summed E-state index contributed by atoms with van der Waals surface area (Å²) in [7, 11) is 1.81. The minimum absolute atomic E-state index is 0.326. The van der Waals surface area contributed by atoms with Gasteiger partial charge in [-0.15, -0.1) is 11.3 Å². The van der Waals surface area contributed by atoms with E-state index in [1.165, 1.54) is 6.42 Å². The van der Waals surface area contributed by atoms with Gasteiger partial charge in [-0.25, -0.2) is 4.98 Å². The van der Waals surface area contributed by atoms with Crippen LogP contribution >= 0.6 is 11.3 Å². The number of ether oxygens (including phenoxy) is 1. The maximum Gasteiger partial charge on any atom is 0.185 e. The standard InChI is InChI=1S/C14H25N3OS/c1-5-15-11(3)12-9-19-14(16-12)17-7-6-10(2)13(8-17)18-4/h9-11,13,15H,5-8H2,1-4H3. The lowest BCUT2D eigenvalue weighted by Crippen LogP contribution is -2.43. The molecule has 5 heteroatoms. The van der Waals surface area contributed by atoms with Crippen molar-refractivity contribution in [3.8, 4) is 0 Å². The van der Waals surface area contributed by atoms with Crippen LogP contribution in [-0.4, -0.2) is 37.8 Å². The first-order chi connectivity index (χ1) is 9.15. The Hall–Kier alpha value is -0.650. The summed E-state index contributed by atoms with van der Waals surface area (Å²) in [6.07, 6.45) is 1.50. The Kier molecular flexibility index (Phi) is 5.19. The molecule has 1 aromatic heterocycles. The van der Waals surface area contributed by atoms with E-state index < -0.39 is 0 Å². The molecule has 1 saturated heterocycles. The van der Waals surface area contributed by atoms with E-state index in [1.807, 2.05) is 7.11 Å². The van der Waals surface area contributed by atoms with Crippen LogP contribution in [0, 0.1) is 5.92 Å². The molecule has 4 nitrogen and oxygen atoms in total. The molecule has 1 aliphatic rings. The summed E-state index contributed by atoms with van der Waals surface area (Å²) in [6.45, 7) is 9.58. The molecule has 0 radical (unpaired) electrons. The first-order valence-corrected chi connectivity index (χ1v) is 8.00. The van der Waals surface area contributed by atoms with Crippen LogP contribution in [0.5, 0.6) is 0 Å². The first kappa shape index (κ1) is 14.8. The molecule has 0 aromatic carbocycles. The van der Waals surface area contributed by atoms with Crippen LogP contribution in [0.3, 0.4) is 0 Å². The van der Waals surface area contributed by atoms with Crippen molar-refractivity contribution >= 4 is 16.5 Å². The van der Waals surface area contributed by atoms with Crippen molar-refractivity contribution in [1.82, 2.24) is 10.3 Å². The third-order valence-corrected chi connectivity index (χ3v) is 4.85. The second-order valence-electron chi connectivity index (χ2n) is 5.32. The van der Waals surface area contributed by atoms with Gasteiger partial charge in [0.2, 0.25) is 0 Å². The predicted molar refractivity (Wildman–Crippen MR) is 81.0 cm³/mol. The van der Waals surface area contributed by atoms with E-state index in [0.717, 1.165) is 30.5 Å². The first-order valence-electron chi connectivity index (χ1n) is 7.12. The zero-order valence-corrected chi connectivity index (χ0v) is 13.2. The largest absolute Gasteiger partial charge is 0.379 e. The smallest absolute Gasteiger partial charge is 0.185 e. The molecule has 0 bridgehead atoms. The summed E-state index contributed by atoms with van der Waals surface area (Å²) in [6, 6.07) is 0.330. The van der Waals surface area contributed by atoms with Gasteiger partial charge in [0.05, 0.1) is 11.8 Å². The van der Waals surface area contributed by atoms with Crippen LogP contribution in [-0.2, 0) is 4.74 Å². The minimum atomic E-state index is 0.326.